The summed E-state index contributed by atoms with van der Waals surface area (Å²) in [5.74, 6) is 0.326. The van der Waals surface area contributed by atoms with Crippen LogP contribution < -0.4 is 5.32 Å². The summed E-state index contributed by atoms with van der Waals surface area (Å²) in [5.41, 5.74) is 1.66. The van der Waals surface area contributed by atoms with Crippen LogP contribution in [0.15, 0.2) is 65.3 Å². The number of halogens is 2. The molecule has 0 bridgehead atoms. The quantitative estimate of drug-likeness (QED) is 0.708. The Bertz CT molecular complexity index is 830. The molecule has 4 nitrogen and oxygen atoms in total. The third-order valence-electron chi connectivity index (χ3n) is 3.23. The molecule has 0 atom stereocenters. The number of aromatic nitrogens is 2. The van der Waals surface area contributed by atoms with E-state index < -0.39 is 0 Å². The average molecular weight is 391 g/mol. The van der Waals surface area contributed by atoms with Crippen LogP contribution in [-0.4, -0.2) is 15.7 Å². The van der Waals surface area contributed by atoms with Crippen LogP contribution in [0.5, 0.6) is 0 Å². The number of rotatable bonds is 4. The molecule has 23 heavy (non-hydrogen) atoms. The molecule has 1 amide bonds. The largest absolute Gasteiger partial charge is 0.305 e. The van der Waals surface area contributed by atoms with Gasteiger partial charge in [-0.2, -0.15) is 5.10 Å². The summed E-state index contributed by atoms with van der Waals surface area (Å²) >= 11 is 9.23. The molecular formula is C17H13BrClN3O. The zero-order valence-corrected chi connectivity index (χ0v) is 14.4. The molecule has 6 heteroatoms. The fourth-order valence-electron chi connectivity index (χ4n) is 2.11. The standard InChI is InChI=1S/C17H13BrClN3O/c18-14-3-1-2-13(10-14)17(23)20-16-8-9-22(21-16)11-12-4-6-15(19)7-5-12/h1-10H,11H2,(H,20,21,23). The minimum atomic E-state index is -0.192. The number of anilines is 1. The van der Waals surface area contributed by atoms with Crippen molar-refractivity contribution in [3.63, 3.8) is 0 Å². The lowest BCUT2D eigenvalue weighted by Crippen LogP contribution is -2.12. The van der Waals surface area contributed by atoms with E-state index >= 15 is 0 Å². The van der Waals surface area contributed by atoms with E-state index in [4.69, 9.17) is 11.6 Å². The second-order valence-electron chi connectivity index (χ2n) is 4.99. The van der Waals surface area contributed by atoms with E-state index in [0.29, 0.717) is 22.9 Å². The van der Waals surface area contributed by atoms with E-state index in [1.165, 1.54) is 0 Å². The van der Waals surface area contributed by atoms with Gasteiger partial charge in [0.15, 0.2) is 5.82 Å². The third-order valence-corrected chi connectivity index (χ3v) is 3.97. The SMILES string of the molecule is O=C(Nc1ccn(Cc2ccc(Cl)cc2)n1)c1cccc(Br)c1. The maximum atomic E-state index is 12.2. The van der Waals surface area contributed by atoms with E-state index in [9.17, 15) is 4.79 Å². The van der Waals surface area contributed by atoms with E-state index in [0.717, 1.165) is 10.0 Å². The molecule has 0 spiro atoms. The lowest BCUT2D eigenvalue weighted by atomic mass is 10.2. The second kappa shape index (κ2) is 6.98. The maximum Gasteiger partial charge on any atom is 0.256 e. The van der Waals surface area contributed by atoms with Gasteiger partial charge in [0.25, 0.3) is 5.91 Å². The highest BCUT2D eigenvalue weighted by atomic mass is 79.9. The lowest BCUT2D eigenvalue weighted by Gasteiger charge is -2.04. The summed E-state index contributed by atoms with van der Waals surface area (Å²) in [6.45, 7) is 0.615. The number of carbonyl (C=O) groups excluding carboxylic acids is 1. The molecule has 1 heterocycles. The molecule has 2 aromatic carbocycles. The fourth-order valence-corrected chi connectivity index (χ4v) is 2.64. The molecule has 0 aliphatic rings. The monoisotopic (exact) mass is 389 g/mol. The number of amides is 1. The van der Waals surface area contributed by atoms with Gasteiger partial charge < -0.3 is 5.32 Å². The predicted octanol–water partition coefficient (Wildman–Crippen LogP) is 4.60. The van der Waals surface area contributed by atoms with E-state index in [1.807, 2.05) is 42.6 Å². The Morgan fingerprint density at radius 1 is 1.17 bits per heavy atom. The first kappa shape index (κ1) is 15.8. The molecule has 1 aromatic heterocycles. The topological polar surface area (TPSA) is 46.9 Å². The zero-order chi connectivity index (χ0) is 16.2. The van der Waals surface area contributed by atoms with Crippen molar-refractivity contribution in [2.75, 3.05) is 5.32 Å². The minimum Gasteiger partial charge on any atom is -0.305 e. The maximum absolute atomic E-state index is 12.2. The Balaban J connectivity index is 1.67. The van der Waals surface area contributed by atoms with Crippen LogP contribution in [0.4, 0.5) is 5.82 Å². The molecule has 3 rings (SSSR count). The summed E-state index contributed by atoms with van der Waals surface area (Å²) in [5, 5.41) is 7.85. The van der Waals surface area contributed by atoms with Crippen LogP contribution in [0.3, 0.4) is 0 Å². The summed E-state index contributed by atoms with van der Waals surface area (Å²) in [6.07, 6.45) is 1.82. The average Bonchev–Trinajstić information content (AvgIpc) is 2.96. The Kier molecular flexibility index (Phi) is 4.79. The highest BCUT2D eigenvalue weighted by Crippen LogP contribution is 2.14. The van der Waals surface area contributed by atoms with Gasteiger partial charge in [-0.25, -0.2) is 0 Å². The summed E-state index contributed by atoms with van der Waals surface area (Å²) in [7, 11) is 0. The number of benzene rings is 2. The van der Waals surface area contributed by atoms with Crippen molar-refractivity contribution in [3.8, 4) is 0 Å². The smallest absolute Gasteiger partial charge is 0.256 e. The van der Waals surface area contributed by atoms with Crippen molar-refractivity contribution in [1.82, 2.24) is 9.78 Å². The van der Waals surface area contributed by atoms with E-state index in [-0.39, 0.29) is 5.91 Å². The van der Waals surface area contributed by atoms with Crippen LogP contribution >= 0.6 is 27.5 Å². The van der Waals surface area contributed by atoms with Crippen molar-refractivity contribution in [1.29, 1.82) is 0 Å². The Hall–Kier alpha value is -2.11. The number of carbonyl (C=O) groups is 1. The van der Waals surface area contributed by atoms with Gasteiger partial charge in [-0.1, -0.05) is 45.7 Å². The number of hydrogen-bond donors (Lipinski definition) is 1. The predicted molar refractivity (Wildman–Crippen MR) is 94.9 cm³/mol. The molecule has 0 aliphatic heterocycles. The lowest BCUT2D eigenvalue weighted by molar-refractivity contribution is 0.102. The molecule has 0 fully saturated rings. The number of nitrogens with one attached hydrogen (secondary N) is 1. The van der Waals surface area contributed by atoms with Crippen molar-refractivity contribution >= 4 is 39.3 Å². The van der Waals surface area contributed by atoms with Crippen molar-refractivity contribution in [2.24, 2.45) is 0 Å². The normalized spacial score (nSPS) is 10.5. The van der Waals surface area contributed by atoms with Crippen LogP contribution in [-0.2, 0) is 6.54 Å². The van der Waals surface area contributed by atoms with Crippen LogP contribution in [0.1, 0.15) is 15.9 Å². The van der Waals surface area contributed by atoms with Gasteiger partial charge in [0.1, 0.15) is 0 Å². The van der Waals surface area contributed by atoms with E-state index in [1.54, 1.807) is 22.9 Å². The first-order chi connectivity index (χ1) is 11.1. The van der Waals surface area contributed by atoms with Crippen molar-refractivity contribution in [2.45, 2.75) is 6.54 Å². The zero-order valence-electron chi connectivity index (χ0n) is 12.0. The van der Waals surface area contributed by atoms with Gasteiger partial charge in [-0.3, -0.25) is 9.48 Å². The summed E-state index contributed by atoms with van der Waals surface area (Å²) < 4.78 is 2.62. The molecule has 3 aromatic rings. The molecule has 0 saturated heterocycles. The fraction of sp³-hybridized carbons (Fsp3) is 0.0588. The van der Waals surface area contributed by atoms with Gasteiger partial charge in [-0.05, 0) is 35.9 Å². The van der Waals surface area contributed by atoms with Crippen LogP contribution in [0, 0.1) is 0 Å². The third kappa shape index (κ3) is 4.21. The highest BCUT2D eigenvalue weighted by molar-refractivity contribution is 9.10. The Morgan fingerprint density at radius 3 is 2.70 bits per heavy atom. The molecule has 0 saturated carbocycles. The minimum absolute atomic E-state index is 0.192. The molecule has 116 valence electrons. The van der Waals surface area contributed by atoms with E-state index in [2.05, 4.69) is 26.3 Å². The molecule has 0 radical (unpaired) electrons. The van der Waals surface area contributed by atoms with Gasteiger partial charge in [0.05, 0.1) is 6.54 Å². The number of hydrogen-bond acceptors (Lipinski definition) is 2. The second-order valence-corrected chi connectivity index (χ2v) is 6.34. The van der Waals surface area contributed by atoms with Crippen LogP contribution in [0.25, 0.3) is 0 Å². The van der Waals surface area contributed by atoms with Crippen LogP contribution in [0.2, 0.25) is 5.02 Å². The Morgan fingerprint density at radius 2 is 1.96 bits per heavy atom. The van der Waals surface area contributed by atoms with Gasteiger partial charge in [-0.15, -0.1) is 0 Å². The Labute approximate surface area is 147 Å². The molecule has 0 unspecified atom stereocenters. The first-order valence-electron chi connectivity index (χ1n) is 6.95. The highest BCUT2D eigenvalue weighted by Gasteiger charge is 2.08. The van der Waals surface area contributed by atoms with Gasteiger partial charge in [0.2, 0.25) is 0 Å². The molecule has 0 aliphatic carbocycles. The van der Waals surface area contributed by atoms with Crippen molar-refractivity contribution in [3.05, 3.63) is 81.4 Å². The number of nitrogens with zero attached hydrogens (tertiary/aromatic N) is 2. The van der Waals surface area contributed by atoms with Crippen molar-refractivity contribution < 1.29 is 4.79 Å². The molecular weight excluding hydrogens is 378 g/mol. The first-order valence-corrected chi connectivity index (χ1v) is 8.12. The van der Waals surface area contributed by atoms with Gasteiger partial charge in [0, 0.05) is 27.3 Å². The molecule has 1 N–H and O–H groups in total. The summed E-state index contributed by atoms with van der Waals surface area (Å²) in [6, 6.07) is 16.6. The van der Waals surface area contributed by atoms with Gasteiger partial charge >= 0.3 is 0 Å². The summed E-state index contributed by atoms with van der Waals surface area (Å²) in [4.78, 5) is 12.2.